The minimum Gasteiger partial charge on any atom is -0.478 e. The Morgan fingerprint density at radius 2 is 1.73 bits per heavy atom. The molecule has 2 rings (SSSR count). The van der Waals surface area contributed by atoms with Gasteiger partial charge in [0.15, 0.2) is 0 Å². The molecule has 1 heterocycles. The van der Waals surface area contributed by atoms with Crippen LogP contribution < -0.4 is 0 Å². The summed E-state index contributed by atoms with van der Waals surface area (Å²) < 4.78 is 32.0. The third-order valence-corrected chi connectivity index (χ3v) is 6.31. The SMILES string of the molecule is CCC(C)OCC(=O)N1CCN(S(=O)(=O)c2ccc(C(=O)O)cc2)CC1. The molecule has 0 aromatic heterocycles. The lowest BCUT2D eigenvalue weighted by atomic mass is 10.2. The lowest BCUT2D eigenvalue weighted by Crippen LogP contribution is -2.51. The van der Waals surface area contributed by atoms with Crippen LogP contribution in [0.3, 0.4) is 0 Å². The second kappa shape index (κ2) is 8.61. The molecule has 0 spiro atoms. The lowest BCUT2D eigenvalue weighted by Gasteiger charge is -2.34. The van der Waals surface area contributed by atoms with Crippen LogP contribution in [0.15, 0.2) is 29.2 Å². The summed E-state index contributed by atoms with van der Waals surface area (Å²) in [7, 11) is -3.71. The van der Waals surface area contributed by atoms with Crippen molar-refractivity contribution in [3.05, 3.63) is 29.8 Å². The number of rotatable bonds is 7. The summed E-state index contributed by atoms with van der Waals surface area (Å²) in [5, 5.41) is 8.89. The van der Waals surface area contributed by atoms with Crippen LogP contribution in [0, 0.1) is 0 Å². The zero-order valence-corrected chi connectivity index (χ0v) is 15.7. The molecule has 144 valence electrons. The van der Waals surface area contributed by atoms with Gasteiger partial charge in [0, 0.05) is 26.2 Å². The molecular formula is C17H24N2O6S. The predicted molar refractivity (Wildman–Crippen MR) is 94.4 cm³/mol. The molecule has 0 bridgehead atoms. The van der Waals surface area contributed by atoms with Gasteiger partial charge in [-0.2, -0.15) is 4.31 Å². The van der Waals surface area contributed by atoms with Crippen molar-refractivity contribution in [3.8, 4) is 0 Å². The number of carbonyl (C=O) groups excluding carboxylic acids is 1. The van der Waals surface area contributed by atoms with E-state index < -0.39 is 16.0 Å². The van der Waals surface area contributed by atoms with Gasteiger partial charge in [-0.1, -0.05) is 6.92 Å². The summed E-state index contributed by atoms with van der Waals surface area (Å²) >= 11 is 0. The molecule has 8 nitrogen and oxygen atoms in total. The zero-order valence-electron chi connectivity index (χ0n) is 14.9. The highest BCUT2D eigenvalue weighted by Crippen LogP contribution is 2.18. The quantitative estimate of drug-likeness (QED) is 0.753. The molecule has 26 heavy (non-hydrogen) atoms. The Balaban J connectivity index is 1.95. The molecule has 1 unspecified atom stereocenters. The average molecular weight is 384 g/mol. The summed E-state index contributed by atoms with van der Waals surface area (Å²) in [5.41, 5.74) is 0.0284. The van der Waals surface area contributed by atoms with E-state index in [0.717, 1.165) is 6.42 Å². The van der Waals surface area contributed by atoms with Crippen LogP contribution in [0.1, 0.15) is 30.6 Å². The number of amides is 1. The minimum atomic E-state index is -3.71. The lowest BCUT2D eigenvalue weighted by molar-refractivity contribution is -0.139. The van der Waals surface area contributed by atoms with Gasteiger partial charge in [-0.25, -0.2) is 13.2 Å². The Bertz CT molecular complexity index is 739. The normalized spacial score (nSPS) is 17.1. The molecular weight excluding hydrogens is 360 g/mol. The Hall–Kier alpha value is -1.97. The number of piperazine rings is 1. The molecule has 1 aromatic carbocycles. The third kappa shape index (κ3) is 4.80. The van der Waals surface area contributed by atoms with Gasteiger partial charge in [0.2, 0.25) is 15.9 Å². The van der Waals surface area contributed by atoms with E-state index in [9.17, 15) is 18.0 Å². The summed E-state index contributed by atoms with van der Waals surface area (Å²) in [6, 6.07) is 5.11. The third-order valence-electron chi connectivity index (χ3n) is 4.40. The van der Waals surface area contributed by atoms with E-state index in [-0.39, 0.29) is 42.2 Å². The van der Waals surface area contributed by atoms with Gasteiger partial charge < -0.3 is 14.7 Å². The van der Waals surface area contributed by atoms with E-state index in [0.29, 0.717) is 13.1 Å². The molecule has 0 aliphatic carbocycles. The standard InChI is InChI=1S/C17H24N2O6S/c1-3-13(2)25-12-16(20)18-8-10-19(11-9-18)26(23,24)15-6-4-14(5-7-15)17(21)22/h4-7,13H,3,8-12H2,1-2H3,(H,21,22). The van der Waals surface area contributed by atoms with Crippen LogP contribution in [0.2, 0.25) is 0 Å². The van der Waals surface area contributed by atoms with Gasteiger partial charge in [-0.05, 0) is 37.6 Å². The maximum absolute atomic E-state index is 12.6. The number of carbonyl (C=O) groups is 2. The van der Waals surface area contributed by atoms with Crippen LogP contribution in [0.25, 0.3) is 0 Å². The maximum atomic E-state index is 12.6. The van der Waals surface area contributed by atoms with Crippen molar-refractivity contribution >= 4 is 21.9 Å². The molecule has 1 N–H and O–H groups in total. The van der Waals surface area contributed by atoms with E-state index in [4.69, 9.17) is 9.84 Å². The van der Waals surface area contributed by atoms with E-state index in [1.54, 1.807) is 4.90 Å². The van der Waals surface area contributed by atoms with Crippen molar-refractivity contribution in [1.82, 2.24) is 9.21 Å². The van der Waals surface area contributed by atoms with Crippen molar-refractivity contribution < 1.29 is 27.9 Å². The maximum Gasteiger partial charge on any atom is 0.335 e. The summed E-state index contributed by atoms with van der Waals surface area (Å²) in [6.45, 7) is 4.86. The van der Waals surface area contributed by atoms with Gasteiger partial charge in [0.1, 0.15) is 6.61 Å². The minimum absolute atomic E-state index is 0.00158. The number of hydrogen-bond donors (Lipinski definition) is 1. The van der Waals surface area contributed by atoms with Gasteiger partial charge in [-0.15, -0.1) is 0 Å². The molecule has 1 aromatic rings. The fourth-order valence-corrected chi connectivity index (χ4v) is 3.94. The van der Waals surface area contributed by atoms with Crippen LogP contribution in [0.4, 0.5) is 0 Å². The molecule has 1 aliphatic rings. The number of nitrogens with zero attached hydrogens (tertiary/aromatic N) is 2. The predicted octanol–water partition coefficient (Wildman–Crippen LogP) is 1.03. The zero-order chi connectivity index (χ0) is 19.3. The van der Waals surface area contributed by atoms with Crippen molar-refractivity contribution in [2.24, 2.45) is 0 Å². The number of benzene rings is 1. The van der Waals surface area contributed by atoms with E-state index in [2.05, 4.69) is 0 Å². The first-order valence-corrected chi connectivity index (χ1v) is 9.92. The average Bonchev–Trinajstić information content (AvgIpc) is 2.65. The molecule has 0 radical (unpaired) electrons. The Morgan fingerprint density at radius 3 is 2.23 bits per heavy atom. The molecule has 1 aliphatic heterocycles. The highest BCUT2D eigenvalue weighted by molar-refractivity contribution is 7.89. The van der Waals surface area contributed by atoms with Crippen LogP contribution in [0.5, 0.6) is 0 Å². The fourth-order valence-electron chi connectivity index (χ4n) is 2.52. The molecule has 1 atom stereocenters. The van der Waals surface area contributed by atoms with Crippen molar-refractivity contribution in [1.29, 1.82) is 0 Å². The van der Waals surface area contributed by atoms with Crippen LogP contribution >= 0.6 is 0 Å². The molecule has 1 amide bonds. The molecule has 1 fully saturated rings. The fraction of sp³-hybridized carbons (Fsp3) is 0.529. The second-order valence-electron chi connectivity index (χ2n) is 6.14. The number of hydrogen-bond acceptors (Lipinski definition) is 5. The molecule has 9 heteroatoms. The van der Waals surface area contributed by atoms with Crippen molar-refractivity contribution in [2.45, 2.75) is 31.3 Å². The van der Waals surface area contributed by atoms with E-state index >= 15 is 0 Å². The summed E-state index contributed by atoms with van der Waals surface area (Å²) in [4.78, 5) is 24.6. The van der Waals surface area contributed by atoms with Crippen molar-refractivity contribution in [3.63, 3.8) is 0 Å². The van der Waals surface area contributed by atoms with Crippen LogP contribution in [-0.4, -0.2) is 73.5 Å². The first kappa shape index (κ1) is 20.3. The molecule has 0 saturated carbocycles. The largest absolute Gasteiger partial charge is 0.478 e. The Labute approximate surface area is 153 Å². The number of sulfonamides is 1. The van der Waals surface area contributed by atoms with Gasteiger partial charge in [0.05, 0.1) is 16.6 Å². The number of ether oxygens (including phenoxy) is 1. The van der Waals surface area contributed by atoms with Gasteiger partial charge in [-0.3, -0.25) is 4.79 Å². The topological polar surface area (TPSA) is 104 Å². The molecule has 1 saturated heterocycles. The summed E-state index contributed by atoms with van der Waals surface area (Å²) in [5.74, 6) is -1.26. The van der Waals surface area contributed by atoms with Crippen LogP contribution in [-0.2, 0) is 19.6 Å². The monoisotopic (exact) mass is 384 g/mol. The Kier molecular flexibility index (Phi) is 6.74. The second-order valence-corrected chi connectivity index (χ2v) is 8.08. The number of carboxylic acids is 1. The highest BCUT2D eigenvalue weighted by Gasteiger charge is 2.30. The summed E-state index contributed by atoms with van der Waals surface area (Å²) in [6.07, 6.45) is 0.828. The van der Waals surface area contributed by atoms with Gasteiger partial charge >= 0.3 is 5.97 Å². The first-order chi connectivity index (χ1) is 12.3. The smallest absolute Gasteiger partial charge is 0.335 e. The van der Waals surface area contributed by atoms with Crippen molar-refractivity contribution in [2.75, 3.05) is 32.8 Å². The Morgan fingerprint density at radius 1 is 1.15 bits per heavy atom. The highest BCUT2D eigenvalue weighted by atomic mass is 32.2. The van der Waals surface area contributed by atoms with E-state index in [1.165, 1.54) is 28.6 Å². The van der Waals surface area contributed by atoms with E-state index in [1.807, 2.05) is 13.8 Å². The van der Waals surface area contributed by atoms with Gasteiger partial charge in [0.25, 0.3) is 0 Å². The number of aromatic carboxylic acids is 1. The number of carboxylic acid groups (broad SMARTS) is 1. The first-order valence-electron chi connectivity index (χ1n) is 8.48.